The molecule has 1 N–H and O–H groups in total. The van der Waals surface area contributed by atoms with Gasteiger partial charge in [0.25, 0.3) is 5.91 Å². The normalized spacial score (nSPS) is 11.5. The van der Waals surface area contributed by atoms with Crippen molar-refractivity contribution in [3.63, 3.8) is 0 Å². The summed E-state index contributed by atoms with van der Waals surface area (Å²) in [5.41, 5.74) is 5.29. The van der Waals surface area contributed by atoms with E-state index in [1.807, 2.05) is 55.5 Å². The van der Waals surface area contributed by atoms with Crippen LogP contribution in [0.25, 0.3) is 0 Å². The van der Waals surface area contributed by atoms with Crippen LogP contribution in [0.1, 0.15) is 49.2 Å². The van der Waals surface area contributed by atoms with E-state index in [9.17, 15) is 4.79 Å². The van der Waals surface area contributed by atoms with Crippen molar-refractivity contribution in [1.82, 2.24) is 5.43 Å². The van der Waals surface area contributed by atoms with Gasteiger partial charge in [-0.1, -0.05) is 32.9 Å². The molecule has 2 aromatic carbocycles. The van der Waals surface area contributed by atoms with E-state index in [1.165, 1.54) is 5.56 Å². The van der Waals surface area contributed by atoms with Crippen molar-refractivity contribution in [1.29, 1.82) is 0 Å². The summed E-state index contributed by atoms with van der Waals surface area (Å²) < 4.78 is 5.38. The smallest absolute Gasteiger partial charge is 0.271 e. The van der Waals surface area contributed by atoms with E-state index in [0.29, 0.717) is 12.2 Å². The Kier molecular flexibility index (Phi) is 5.74. The average Bonchev–Trinajstić information content (AvgIpc) is 2.56. The summed E-state index contributed by atoms with van der Waals surface area (Å²) in [5.74, 6) is 0.593. The van der Waals surface area contributed by atoms with Gasteiger partial charge in [0.2, 0.25) is 0 Å². The van der Waals surface area contributed by atoms with Gasteiger partial charge in [0.05, 0.1) is 12.8 Å². The van der Waals surface area contributed by atoms with Gasteiger partial charge >= 0.3 is 0 Å². The average molecular weight is 324 g/mol. The second kappa shape index (κ2) is 7.77. The predicted molar refractivity (Wildman–Crippen MR) is 97.8 cm³/mol. The number of nitrogens with one attached hydrogen (secondary N) is 1. The summed E-state index contributed by atoms with van der Waals surface area (Å²) in [6.07, 6.45) is 1.61. The Bertz CT molecular complexity index is 696. The van der Waals surface area contributed by atoms with Gasteiger partial charge in [-0.25, -0.2) is 5.43 Å². The molecule has 24 heavy (non-hydrogen) atoms. The molecule has 0 saturated carbocycles. The molecule has 0 saturated heterocycles. The van der Waals surface area contributed by atoms with Crippen LogP contribution in [-0.2, 0) is 5.41 Å². The second-order valence-corrected chi connectivity index (χ2v) is 6.53. The van der Waals surface area contributed by atoms with Crippen LogP contribution in [0.4, 0.5) is 0 Å². The Morgan fingerprint density at radius 3 is 2.25 bits per heavy atom. The van der Waals surface area contributed by atoms with E-state index in [4.69, 9.17) is 4.74 Å². The zero-order valence-electron chi connectivity index (χ0n) is 14.7. The van der Waals surface area contributed by atoms with Crippen LogP contribution < -0.4 is 10.2 Å². The number of rotatable bonds is 5. The molecule has 2 rings (SSSR count). The van der Waals surface area contributed by atoms with Crippen molar-refractivity contribution >= 4 is 12.1 Å². The largest absolute Gasteiger partial charge is 0.494 e. The van der Waals surface area contributed by atoms with E-state index in [0.717, 1.165) is 11.3 Å². The summed E-state index contributed by atoms with van der Waals surface area (Å²) in [6.45, 7) is 9.01. The highest BCUT2D eigenvalue weighted by molar-refractivity contribution is 5.94. The monoisotopic (exact) mass is 324 g/mol. The lowest BCUT2D eigenvalue weighted by Gasteiger charge is -2.18. The zero-order chi connectivity index (χ0) is 17.6. The number of ether oxygens (including phenoxy) is 1. The number of benzene rings is 2. The van der Waals surface area contributed by atoms with Gasteiger partial charge in [-0.2, -0.15) is 5.10 Å². The molecule has 0 unspecified atom stereocenters. The van der Waals surface area contributed by atoms with Gasteiger partial charge in [0, 0.05) is 5.56 Å². The minimum absolute atomic E-state index is 0.0702. The summed E-state index contributed by atoms with van der Waals surface area (Å²) >= 11 is 0. The first-order valence-electron chi connectivity index (χ1n) is 8.07. The number of nitrogens with zero attached hydrogens (tertiary/aromatic N) is 1. The topological polar surface area (TPSA) is 50.7 Å². The maximum Gasteiger partial charge on any atom is 0.271 e. The fourth-order valence-corrected chi connectivity index (χ4v) is 2.17. The third kappa shape index (κ3) is 4.95. The molecular formula is C20H24N2O2. The van der Waals surface area contributed by atoms with Crippen LogP contribution in [0.3, 0.4) is 0 Å². The summed E-state index contributed by atoms with van der Waals surface area (Å²) in [7, 11) is 0. The van der Waals surface area contributed by atoms with Crippen LogP contribution in [0, 0.1) is 0 Å². The molecular weight excluding hydrogens is 300 g/mol. The first-order valence-corrected chi connectivity index (χ1v) is 8.07. The highest BCUT2D eigenvalue weighted by Crippen LogP contribution is 2.22. The SMILES string of the molecule is CCOc1ccc(C=NNC(=O)c2ccc(C(C)(C)C)cc2)cc1. The molecule has 0 aliphatic rings. The number of carbonyl (C=O) groups excluding carboxylic acids is 1. The molecule has 4 heteroatoms. The number of amides is 1. The molecule has 1 amide bonds. The molecule has 0 aliphatic carbocycles. The maximum absolute atomic E-state index is 12.1. The van der Waals surface area contributed by atoms with Gasteiger partial charge in [-0.3, -0.25) is 4.79 Å². The van der Waals surface area contributed by atoms with Crippen molar-refractivity contribution in [2.45, 2.75) is 33.1 Å². The zero-order valence-corrected chi connectivity index (χ0v) is 14.7. The summed E-state index contributed by atoms with van der Waals surface area (Å²) in [6, 6.07) is 15.1. The second-order valence-electron chi connectivity index (χ2n) is 6.53. The lowest BCUT2D eigenvalue weighted by atomic mass is 9.87. The van der Waals surface area contributed by atoms with Crippen molar-refractivity contribution in [2.75, 3.05) is 6.61 Å². The predicted octanol–water partition coefficient (Wildman–Crippen LogP) is 4.15. The molecule has 0 fully saturated rings. The molecule has 0 radical (unpaired) electrons. The number of hydrogen-bond donors (Lipinski definition) is 1. The highest BCUT2D eigenvalue weighted by atomic mass is 16.5. The Morgan fingerprint density at radius 1 is 1.08 bits per heavy atom. The maximum atomic E-state index is 12.1. The molecule has 0 atom stereocenters. The van der Waals surface area contributed by atoms with Gasteiger partial charge in [-0.15, -0.1) is 0 Å². The molecule has 2 aromatic rings. The van der Waals surface area contributed by atoms with Crippen LogP contribution in [0.2, 0.25) is 0 Å². The molecule has 126 valence electrons. The number of hydrazone groups is 1. The van der Waals surface area contributed by atoms with Crippen molar-refractivity contribution < 1.29 is 9.53 Å². The van der Waals surface area contributed by atoms with Gasteiger partial charge in [-0.05, 0) is 59.9 Å². The Morgan fingerprint density at radius 2 is 1.71 bits per heavy atom. The molecule has 0 spiro atoms. The van der Waals surface area contributed by atoms with Crippen LogP contribution in [0.15, 0.2) is 53.6 Å². The summed E-state index contributed by atoms with van der Waals surface area (Å²) in [5, 5.41) is 4.00. The lowest BCUT2D eigenvalue weighted by molar-refractivity contribution is 0.0955. The first kappa shape index (κ1) is 17.7. The molecule has 0 aliphatic heterocycles. The van der Waals surface area contributed by atoms with Crippen LogP contribution in [-0.4, -0.2) is 18.7 Å². The quantitative estimate of drug-likeness (QED) is 0.663. The van der Waals surface area contributed by atoms with E-state index < -0.39 is 0 Å². The minimum Gasteiger partial charge on any atom is -0.494 e. The molecule has 0 bridgehead atoms. The first-order chi connectivity index (χ1) is 11.4. The fraction of sp³-hybridized carbons (Fsp3) is 0.300. The molecule has 0 aromatic heterocycles. The fourth-order valence-electron chi connectivity index (χ4n) is 2.17. The highest BCUT2D eigenvalue weighted by Gasteiger charge is 2.14. The van der Waals surface area contributed by atoms with Gasteiger partial charge in [0.1, 0.15) is 5.75 Å². The number of carbonyl (C=O) groups is 1. The Hall–Kier alpha value is -2.62. The van der Waals surface area contributed by atoms with Crippen LogP contribution in [0.5, 0.6) is 5.75 Å². The Balaban J connectivity index is 1.94. The van der Waals surface area contributed by atoms with Gasteiger partial charge < -0.3 is 4.74 Å². The van der Waals surface area contributed by atoms with E-state index in [1.54, 1.807) is 6.21 Å². The minimum atomic E-state index is -0.224. The third-order valence-corrected chi connectivity index (χ3v) is 3.58. The van der Waals surface area contributed by atoms with E-state index in [2.05, 4.69) is 31.3 Å². The summed E-state index contributed by atoms with van der Waals surface area (Å²) in [4.78, 5) is 12.1. The van der Waals surface area contributed by atoms with Crippen molar-refractivity contribution in [2.24, 2.45) is 5.10 Å². The standard InChI is InChI=1S/C20H24N2O2/c1-5-24-18-12-6-15(7-13-18)14-21-22-19(23)16-8-10-17(11-9-16)20(2,3)4/h6-14H,5H2,1-4H3,(H,22,23). The van der Waals surface area contributed by atoms with Crippen LogP contribution >= 0.6 is 0 Å². The van der Waals surface area contributed by atoms with Crippen molar-refractivity contribution in [3.05, 3.63) is 65.2 Å². The van der Waals surface area contributed by atoms with Gasteiger partial charge in [0.15, 0.2) is 0 Å². The van der Waals surface area contributed by atoms with E-state index >= 15 is 0 Å². The third-order valence-electron chi connectivity index (χ3n) is 3.58. The molecule has 4 nitrogen and oxygen atoms in total. The van der Waals surface area contributed by atoms with Crippen molar-refractivity contribution in [3.8, 4) is 5.75 Å². The molecule has 0 heterocycles. The number of hydrogen-bond acceptors (Lipinski definition) is 3. The lowest BCUT2D eigenvalue weighted by Crippen LogP contribution is -2.18. The van der Waals surface area contributed by atoms with E-state index in [-0.39, 0.29) is 11.3 Å². The Labute approximate surface area is 143 Å².